The van der Waals surface area contributed by atoms with Crippen molar-refractivity contribution in [3.8, 4) is 6.07 Å². The van der Waals surface area contributed by atoms with Crippen LogP contribution >= 0.6 is 0 Å². The molecule has 1 aromatic carbocycles. The summed E-state index contributed by atoms with van der Waals surface area (Å²) in [7, 11) is 0. The molecule has 0 unspecified atom stereocenters. The van der Waals surface area contributed by atoms with Crippen molar-refractivity contribution in [2.45, 2.75) is 13.3 Å². The molecule has 0 aliphatic carbocycles. The molecule has 0 spiro atoms. The predicted molar refractivity (Wildman–Crippen MR) is 50.3 cm³/mol. The zero-order valence-electron chi connectivity index (χ0n) is 7.37. The van der Waals surface area contributed by atoms with Gasteiger partial charge >= 0.3 is 0 Å². The summed E-state index contributed by atoms with van der Waals surface area (Å²) in [6.45, 7) is 2.07. The lowest BCUT2D eigenvalue weighted by atomic mass is 10.1. The first-order valence-electron chi connectivity index (χ1n) is 4.25. The molecule has 0 radical (unpaired) electrons. The third kappa shape index (κ3) is 1.19. The fourth-order valence-electron chi connectivity index (χ4n) is 1.43. The molecule has 1 aromatic heterocycles. The fraction of sp³-hybridized carbons (Fsp3) is 0.182. The topological polar surface area (TPSA) is 36.9 Å². The van der Waals surface area contributed by atoms with Crippen molar-refractivity contribution in [3.63, 3.8) is 0 Å². The van der Waals surface area contributed by atoms with Crippen molar-refractivity contribution in [1.29, 1.82) is 5.26 Å². The normalized spacial score (nSPS) is 10.2. The van der Waals surface area contributed by atoms with E-state index >= 15 is 0 Å². The molecule has 2 aromatic rings. The first kappa shape index (κ1) is 7.88. The Morgan fingerprint density at radius 3 is 3.00 bits per heavy atom. The predicted octanol–water partition coefficient (Wildman–Crippen LogP) is 2.87. The van der Waals surface area contributed by atoms with E-state index < -0.39 is 0 Å². The Labute approximate surface area is 76.4 Å². The van der Waals surface area contributed by atoms with Gasteiger partial charge in [-0.15, -0.1) is 0 Å². The van der Waals surface area contributed by atoms with E-state index in [0.29, 0.717) is 5.56 Å². The Balaban J connectivity index is 2.73. The molecule has 0 amide bonds. The second-order valence-electron chi connectivity index (χ2n) is 2.94. The number of fused-ring (bicyclic) bond motifs is 1. The zero-order valence-corrected chi connectivity index (χ0v) is 7.37. The van der Waals surface area contributed by atoms with E-state index in [1.54, 1.807) is 12.3 Å². The highest BCUT2D eigenvalue weighted by atomic mass is 16.3. The molecule has 2 rings (SSSR count). The van der Waals surface area contributed by atoms with Gasteiger partial charge in [0.25, 0.3) is 0 Å². The molecule has 13 heavy (non-hydrogen) atoms. The quantitative estimate of drug-likeness (QED) is 0.661. The summed E-state index contributed by atoms with van der Waals surface area (Å²) >= 11 is 0. The maximum atomic E-state index is 8.72. The average molecular weight is 171 g/mol. The van der Waals surface area contributed by atoms with E-state index in [2.05, 4.69) is 13.0 Å². The van der Waals surface area contributed by atoms with Crippen LogP contribution in [0.25, 0.3) is 11.0 Å². The van der Waals surface area contributed by atoms with Crippen molar-refractivity contribution in [1.82, 2.24) is 0 Å². The minimum absolute atomic E-state index is 0.684. The van der Waals surface area contributed by atoms with E-state index in [9.17, 15) is 0 Å². The summed E-state index contributed by atoms with van der Waals surface area (Å²) in [6, 6.07) is 7.60. The lowest BCUT2D eigenvalue weighted by molar-refractivity contribution is 0.611. The van der Waals surface area contributed by atoms with Gasteiger partial charge in [0.15, 0.2) is 0 Å². The summed E-state index contributed by atoms with van der Waals surface area (Å²) in [5, 5.41) is 9.77. The molecule has 2 nitrogen and oxygen atoms in total. The number of aryl methyl sites for hydroxylation is 1. The molecular formula is C11H9NO. The Morgan fingerprint density at radius 2 is 2.31 bits per heavy atom. The van der Waals surface area contributed by atoms with E-state index in [1.165, 1.54) is 0 Å². The second-order valence-corrected chi connectivity index (χ2v) is 2.94. The fourth-order valence-corrected chi connectivity index (χ4v) is 1.43. The van der Waals surface area contributed by atoms with Crippen LogP contribution in [0.2, 0.25) is 0 Å². The Morgan fingerprint density at radius 1 is 1.46 bits per heavy atom. The molecule has 2 heteroatoms. The van der Waals surface area contributed by atoms with Crippen molar-refractivity contribution in [3.05, 3.63) is 35.6 Å². The van der Waals surface area contributed by atoms with Gasteiger partial charge in [0, 0.05) is 5.39 Å². The smallest absolute Gasteiger partial charge is 0.134 e. The Hall–Kier alpha value is -1.75. The van der Waals surface area contributed by atoms with Gasteiger partial charge in [-0.05, 0) is 30.2 Å². The Kier molecular flexibility index (Phi) is 1.79. The van der Waals surface area contributed by atoms with Crippen LogP contribution in [0.1, 0.15) is 18.1 Å². The molecule has 0 aliphatic rings. The van der Waals surface area contributed by atoms with Gasteiger partial charge in [-0.1, -0.05) is 6.92 Å². The number of hydrogen-bond acceptors (Lipinski definition) is 2. The summed E-state index contributed by atoms with van der Waals surface area (Å²) in [4.78, 5) is 0. The van der Waals surface area contributed by atoms with Crippen LogP contribution < -0.4 is 0 Å². The minimum Gasteiger partial charge on any atom is -0.464 e. The largest absolute Gasteiger partial charge is 0.464 e. The summed E-state index contributed by atoms with van der Waals surface area (Å²) in [6.07, 6.45) is 2.69. The summed E-state index contributed by atoms with van der Waals surface area (Å²) in [5.74, 6) is 0. The lowest BCUT2D eigenvalue weighted by Gasteiger charge is -1.91. The Bertz CT molecular complexity index is 476. The van der Waals surface area contributed by atoms with Crippen molar-refractivity contribution < 1.29 is 4.42 Å². The highest BCUT2D eigenvalue weighted by Gasteiger charge is 2.04. The van der Waals surface area contributed by atoms with Crippen LogP contribution in [0.3, 0.4) is 0 Å². The first-order chi connectivity index (χ1) is 6.35. The molecular weight excluding hydrogens is 162 g/mol. The standard InChI is InChI=1S/C11H9NO/c1-2-9-7-13-11-4-3-8(6-12)5-10(9)11/h3-5,7H,2H2,1H3. The van der Waals surface area contributed by atoms with E-state index in [4.69, 9.17) is 9.68 Å². The van der Waals surface area contributed by atoms with Crippen LogP contribution in [-0.2, 0) is 6.42 Å². The zero-order chi connectivity index (χ0) is 9.26. The average Bonchev–Trinajstić information content (AvgIpc) is 2.59. The van der Waals surface area contributed by atoms with Gasteiger partial charge < -0.3 is 4.42 Å². The highest BCUT2D eigenvalue weighted by Crippen LogP contribution is 2.22. The van der Waals surface area contributed by atoms with Crippen LogP contribution in [0.5, 0.6) is 0 Å². The third-order valence-electron chi connectivity index (χ3n) is 2.16. The molecule has 0 saturated carbocycles. The monoisotopic (exact) mass is 171 g/mol. The molecule has 64 valence electrons. The van der Waals surface area contributed by atoms with Crippen molar-refractivity contribution in [2.75, 3.05) is 0 Å². The molecule has 0 bridgehead atoms. The third-order valence-corrected chi connectivity index (χ3v) is 2.16. The minimum atomic E-state index is 0.684. The van der Waals surface area contributed by atoms with E-state index in [0.717, 1.165) is 23.0 Å². The second kappa shape index (κ2) is 2.95. The van der Waals surface area contributed by atoms with Crippen LogP contribution in [-0.4, -0.2) is 0 Å². The number of benzene rings is 1. The van der Waals surface area contributed by atoms with E-state index in [-0.39, 0.29) is 0 Å². The van der Waals surface area contributed by atoms with Crippen LogP contribution in [0.15, 0.2) is 28.9 Å². The van der Waals surface area contributed by atoms with Gasteiger partial charge in [0.1, 0.15) is 5.58 Å². The lowest BCUT2D eigenvalue weighted by Crippen LogP contribution is -1.77. The van der Waals surface area contributed by atoms with Gasteiger partial charge in [-0.3, -0.25) is 0 Å². The molecule has 0 atom stereocenters. The van der Waals surface area contributed by atoms with Crippen LogP contribution in [0.4, 0.5) is 0 Å². The molecule has 0 N–H and O–H groups in total. The molecule has 0 fully saturated rings. The molecule has 0 aliphatic heterocycles. The van der Waals surface area contributed by atoms with Gasteiger partial charge in [-0.2, -0.15) is 5.26 Å². The summed E-state index contributed by atoms with van der Waals surface area (Å²) < 4.78 is 5.33. The number of nitrogens with zero attached hydrogens (tertiary/aromatic N) is 1. The van der Waals surface area contributed by atoms with Crippen LogP contribution in [0, 0.1) is 11.3 Å². The maximum absolute atomic E-state index is 8.72. The maximum Gasteiger partial charge on any atom is 0.134 e. The summed E-state index contributed by atoms with van der Waals surface area (Å²) in [5.41, 5.74) is 2.70. The van der Waals surface area contributed by atoms with Gasteiger partial charge in [0.05, 0.1) is 17.9 Å². The SMILES string of the molecule is CCc1coc2ccc(C#N)cc12. The van der Waals surface area contributed by atoms with Gasteiger partial charge in [-0.25, -0.2) is 0 Å². The van der Waals surface area contributed by atoms with Crippen molar-refractivity contribution >= 4 is 11.0 Å². The molecule has 0 saturated heterocycles. The van der Waals surface area contributed by atoms with Crippen molar-refractivity contribution in [2.24, 2.45) is 0 Å². The number of nitriles is 1. The van der Waals surface area contributed by atoms with Gasteiger partial charge in [0.2, 0.25) is 0 Å². The number of hydrogen-bond donors (Lipinski definition) is 0. The van der Waals surface area contributed by atoms with E-state index in [1.807, 2.05) is 12.1 Å². The first-order valence-corrected chi connectivity index (χ1v) is 4.25. The highest BCUT2D eigenvalue weighted by molar-refractivity contribution is 5.82. The molecule has 1 heterocycles. The number of furan rings is 1. The number of rotatable bonds is 1.